The molecule has 1 aromatic rings. The molecule has 1 aromatic heterocycles. The van der Waals surface area contributed by atoms with E-state index in [9.17, 15) is 40.6 Å². The maximum atomic E-state index is 14.0. The minimum Gasteiger partial charge on any atom is -0.384 e. The molecule has 0 unspecified atom stereocenters. The number of aliphatic hydroxyl groups is 1. The van der Waals surface area contributed by atoms with Gasteiger partial charge in [-0.15, -0.1) is 0 Å². The number of hydrogen-bond donors (Lipinski definition) is 1. The molecule has 1 saturated carbocycles. The standard InChI is InChI=1S/C15H13F7N2O2/c16-7-3-8(10(17)18)23-9(4-7)11(25)24-6-15(21,22)12(26)13(24)1-2-14(19,20)5-13/h3-4,10,12,26H,1-2,5-6H2/t12-,13+/m0/s1. The lowest BCUT2D eigenvalue weighted by atomic mass is 9.89. The van der Waals surface area contributed by atoms with Crippen LogP contribution in [0.15, 0.2) is 12.1 Å². The summed E-state index contributed by atoms with van der Waals surface area (Å²) in [5.41, 5.74) is -4.28. The van der Waals surface area contributed by atoms with Crippen molar-refractivity contribution in [3.8, 4) is 0 Å². The lowest BCUT2D eigenvalue weighted by molar-refractivity contribution is -0.102. The number of nitrogens with zero attached hydrogens (tertiary/aromatic N) is 2. The van der Waals surface area contributed by atoms with Gasteiger partial charge in [0.05, 0.1) is 12.1 Å². The summed E-state index contributed by atoms with van der Waals surface area (Å²) in [4.78, 5) is 16.1. The minimum absolute atomic E-state index is 0.315. The van der Waals surface area contributed by atoms with Gasteiger partial charge in [-0.3, -0.25) is 4.79 Å². The highest BCUT2D eigenvalue weighted by atomic mass is 19.3. The van der Waals surface area contributed by atoms with E-state index in [1.807, 2.05) is 0 Å². The van der Waals surface area contributed by atoms with Crippen molar-refractivity contribution >= 4 is 5.91 Å². The normalized spacial score (nSPS) is 29.7. The van der Waals surface area contributed by atoms with Gasteiger partial charge in [0, 0.05) is 25.0 Å². The van der Waals surface area contributed by atoms with Crippen molar-refractivity contribution in [3.63, 3.8) is 0 Å². The fourth-order valence-electron chi connectivity index (χ4n) is 3.63. The number of likely N-dealkylation sites (tertiary alicyclic amines) is 1. The predicted molar refractivity (Wildman–Crippen MR) is 72.7 cm³/mol. The van der Waals surface area contributed by atoms with E-state index in [1.165, 1.54) is 0 Å². The number of halogens is 7. The molecule has 1 saturated heterocycles. The first-order chi connectivity index (χ1) is 11.9. The molecule has 2 atom stereocenters. The average Bonchev–Trinajstić information content (AvgIpc) is 2.95. The lowest BCUT2D eigenvalue weighted by Crippen LogP contribution is -2.53. The average molecular weight is 386 g/mol. The van der Waals surface area contributed by atoms with Crippen LogP contribution in [-0.2, 0) is 0 Å². The number of carbonyl (C=O) groups excluding carboxylic acids is 1. The second-order valence-corrected chi connectivity index (χ2v) is 6.59. The minimum atomic E-state index is -3.88. The van der Waals surface area contributed by atoms with Gasteiger partial charge in [0.2, 0.25) is 0 Å². The van der Waals surface area contributed by atoms with Crippen LogP contribution in [0.4, 0.5) is 30.7 Å². The molecule has 1 aliphatic carbocycles. The Balaban J connectivity index is 2.03. The summed E-state index contributed by atoms with van der Waals surface area (Å²) in [7, 11) is 0. The SMILES string of the molecule is O=C(c1cc(F)cc(C(F)F)n1)N1CC(F)(F)[C@@H](O)[C@]12CCC(F)(F)C2. The topological polar surface area (TPSA) is 53.4 Å². The zero-order chi connectivity index (χ0) is 19.5. The van der Waals surface area contributed by atoms with Gasteiger partial charge in [0.15, 0.2) is 0 Å². The molecule has 11 heteroatoms. The lowest BCUT2D eigenvalue weighted by Gasteiger charge is -2.36. The van der Waals surface area contributed by atoms with Crippen LogP contribution in [0.2, 0.25) is 0 Å². The molecule has 0 radical (unpaired) electrons. The molecule has 1 spiro atoms. The van der Waals surface area contributed by atoms with E-state index in [0.717, 1.165) is 0 Å². The Morgan fingerprint density at radius 1 is 1.23 bits per heavy atom. The summed E-state index contributed by atoms with van der Waals surface area (Å²) in [6.07, 6.45) is -8.44. The summed E-state index contributed by atoms with van der Waals surface area (Å²) >= 11 is 0. The number of rotatable bonds is 2. The summed E-state index contributed by atoms with van der Waals surface area (Å²) in [6, 6.07) is 0.826. The van der Waals surface area contributed by atoms with Crippen molar-refractivity contribution < 1.29 is 40.6 Å². The molecule has 26 heavy (non-hydrogen) atoms. The van der Waals surface area contributed by atoms with Crippen LogP contribution >= 0.6 is 0 Å². The molecule has 1 amide bonds. The third kappa shape index (κ3) is 2.91. The molecule has 0 aromatic carbocycles. The van der Waals surface area contributed by atoms with Crippen LogP contribution in [0.3, 0.4) is 0 Å². The van der Waals surface area contributed by atoms with E-state index >= 15 is 0 Å². The van der Waals surface area contributed by atoms with Crippen molar-refractivity contribution in [1.82, 2.24) is 9.88 Å². The van der Waals surface area contributed by atoms with Crippen molar-refractivity contribution in [2.24, 2.45) is 0 Å². The zero-order valence-corrected chi connectivity index (χ0v) is 13.0. The predicted octanol–water partition coefficient (Wildman–Crippen LogP) is 3.17. The van der Waals surface area contributed by atoms with Gasteiger partial charge in [-0.2, -0.15) is 0 Å². The van der Waals surface area contributed by atoms with Crippen molar-refractivity contribution in [1.29, 1.82) is 0 Å². The van der Waals surface area contributed by atoms with Crippen LogP contribution in [0.5, 0.6) is 0 Å². The van der Waals surface area contributed by atoms with Crippen molar-refractivity contribution in [2.75, 3.05) is 6.54 Å². The maximum Gasteiger partial charge on any atom is 0.292 e. The summed E-state index contributed by atoms with van der Waals surface area (Å²) in [5.74, 6) is -9.94. The first kappa shape index (κ1) is 18.9. The Morgan fingerprint density at radius 3 is 2.42 bits per heavy atom. The molecule has 2 aliphatic rings. The largest absolute Gasteiger partial charge is 0.384 e. The summed E-state index contributed by atoms with van der Waals surface area (Å²) < 4.78 is 94.3. The number of alkyl halides is 6. The molecule has 4 nitrogen and oxygen atoms in total. The zero-order valence-electron chi connectivity index (χ0n) is 13.0. The van der Waals surface area contributed by atoms with E-state index in [4.69, 9.17) is 0 Å². The van der Waals surface area contributed by atoms with Gasteiger partial charge in [-0.1, -0.05) is 0 Å². The van der Waals surface area contributed by atoms with Gasteiger partial charge < -0.3 is 10.0 Å². The quantitative estimate of drug-likeness (QED) is 0.795. The van der Waals surface area contributed by atoms with Gasteiger partial charge >= 0.3 is 0 Å². The monoisotopic (exact) mass is 386 g/mol. The second-order valence-electron chi connectivity index (χ2n) is 6.59. The Morgan fingerprint density at radius 2 is 1.88 bits per heavy atom. The van der Waals surface area contributed by atoms with Crippen LogP contribution in [-0.4, -0.2) is 50.9 Å². The number of amides is 1. The number of hydrogen-bond acceptors (Lipinski definition) is 3. The van der Waals surface area contributed by atoms with Gasteiger partial charge in [-0.05, 0) is 6.42 Å². The Labute approximate surface area is 142 Å². The van der Waals surface area contributed by atoms with Crippen LogP contribution in [0.25, 0.3) is 0 Å². The van der Waals surface area contributed by atoms with Gasteiger partial charge in [0.1, 0.15) is 23.3 Å². The Hall–Kier alpha value is -1.91. The summed E-state index contributed by atoms with van der Waals surface area (Å²) in [6.45, 7) is -1.40. The first-order valence-corrected chi connectivity index (χ1v) is 7.59. The molecule has 144 valence electrons. The maximum absolute atomic E-state index is 14.0. The first-order valence-electron chi connectivity index (χ1n) is 7.59. The third-order valence-corrected chi connectivity index (χ3v) is 4.80. The van der Waals surface area contributed by atoms with Crippen molar-refractivity contribution in [2.45, 2.75) is 49.2 Å². The molecule has 2 heterocycles. The summed E-state index contributed by atoms with van der Waals surface area (Å²) in [5, 5.41) is 9.91. The fourth-order valence-corrected chi connectivity index (χ4v) is 3.63. The highest BCUT2D eigenvalue weighted by Crippen LogP contribution is 2.54. The van der Waals surface area contributed by atoms with Gasteiger partial charge in [-0.25, -0.2) is 35.7 Å². The smallest absolute Gasteiger partial charge is 0.292 e. The van der Waals surface area contributed by atoms with E-state index in [-0.39, 0.29) is 0 Å². The molecule has 2 fully saturated rings. The van der Waals surface area contributed by atoms with Crippen LogP contribution in [0.1, 0.15) is 41.9 Å². The molecule has 1 N–H and O–H groups in total. The Bertz CT molecular complexity index is 743. The molecule has 0 bridgehead atoms. The van der Waals surface area contributed by atoms with Crippen LogP contribution in [0, 0.1) is 5.82 Å². The van der Waals surface area contributed by atoms with E-state index < -0.39 is 78.8 Å². The third-order valence-electron chi connectivity index (χ3n) is 4.80. The second kappa shape index (κ2) is 5.80. The fraction of sp³-hybridized carbons (Fsp3) is 0.600. The molecular formula is C15H13F7N2O2. The van der Waals surface area contributed by atoms with Crippen LogP contribution < -0.4 is 0 Å². The number of aromatic nitrogens is 1. The molecule has 3 rings (SSSR count). The highest BCUT2D eigenvalue weighted by Gasteiger charge is 2.69. The molecular weight excluding hydrogens is 373 g/mol. The number of aliphatic hydroxyl groups excluding tert-OH is 1. The van der Waals surface area contributed by atoms with Crippen molar-refractivity contribution in [3.05, 3.63) is 29.3 Å². The van der Waals surface area contributed by atoms with E-state index in [1.54, 1.807) is 0 Å². The number of pyridine rings is 1. The highest BCUT2D eigenvalue weighted by molar-refractivity contribution is 5.93. The number of carbonyl (C=O) groups is 1. The molecule has 1 aliphatic heterocycles. The van der Waals surface area contributed by atoms with Gasteiger partial charge in [0.25, 0.3) is 24.2 Å². The van der Waals surface area contributed by atoms with E-state index in [2.05, 4.69) is 4.98 Å². The van der Waals surface area contributed by atoms with E-state index in [0.29, 0.717) is 17.0 Å². The Kier molecular flexibility index (Phi) is 4.21.